The van der Waals surface area contributed by atoms with Gasteiger partial charge in [-0.15, -0.1) is 0 Å². The number of nitrogens with one attached hydrogen (secondary N) is 1. The molecular formula is C24H23N5O4. The molecule has 9 nitrogen and oxygen atoms in total. The molecule has 0 saturated carbocycles. The lowest BCUT2D eigenvalue weighted by molar-refractivity contribution is -0.147. The van der Waals surface area contributed by atoms with Gasteiger partial charge in [-0.25, -0.2) is 0 Å². The molecule has 0 fully saturated rings. The minimum atomic E-state index is -0.620. The molecule has 0 unspecified atom stereocenters. The van der Waals surface area contributed by atoms with Crippen molar-refractivity contribution in [3.63, 3.8) is 0 Å². The summed E-state index contributed by atoms with van der Waals surface area (Å²) in [5.41, 5.74) is 2.93. The van der Waals surface area contributed by atoms with Crippen molar-refractivity contribution in [2.24, 2.45) is 0 Å². The first kappa shape index (κ1) is 23.3. The number of Topliss-reactive ketones (excluding diaryl/α,β-unsaturated/α-hetero) is 1. The van der Waals surface area contributed by atoms with E-state index in [1.54, 1.807) is 37.7 Å². The molecule has 1 aliphatic rings. The number of carbonyl (C=O) groups excluding carboxylic acids is 2. The summed E-state index contributed by atoms with van der Waals surface area (Å²) in [4.78, 5) is 42.9. The van der Waals surface area contributed by atoms with E-state index in [2.05, 4.69) is 4.98 Å². The molecule has 2 aromatic rings. The van der Waals surface area contributed by atoms with Crippen LogP contribution in [0.15, 0.2) is 40.5 Å². The van der Waals surface area contributed by atoms with E-state index in [1.807, 2.05) is 36.4 Å². The number of carbonyl (C=O) groups is 2. The minimum absolute atomic E-state index is 0.00947. The van der Waals surface area contributed by atoms with E-state index in [9.17, 15) is 19.6 Å². The number of aryl methyl sites for hydroxylation is 1. The zero-order valence-corrected chi connectivity index (χ0v) is 18.9. The number of aromatic nitrogens is 1. The van der Waals surface area contributed by atoms with Crippen molar-refractivity contribution in [3.05, 3.63) is 68.4 Å². The number of H-pyrrole nitrogens is 1. The Labute approximate surface area is 191 Å². The van der Waals surface area contributed by atoms with Gasteiger partial charge >= 0.3 is 5.97 Å². The van der Waals surface area contributed by atoms with Gasteiger partial charge in [0, 0.05) is 26.2 Å². The van der Waals surface area contributed by atoms with Crippen LogP contribution < -0.4 is 15.4 Å². The summed E-state index contributed by atoms with van der Waals surface area (Å²) < 4.78 is 5.13. The number of hydrogen-bond acceptors (Lipinski definition) is 8. The fourth-order valence-corrected chi connectivity index (χ4v) is 3.99. The molecule has 3 rings (SSSR count). The average molecular weight is 445 g/mol. The highest BCUT2D eigenvalue weighted by Gasteiger charge is 2.31. The normalized spacial score (nSPS) is 12.1. The Hall–Kier alpha value is -4.37. The van der Waals surface area contributed by atoms with Crippen LogP contribution in [0.3, 0.4) is 0 Å². The topological polar surface area (TPSA) is 130 Å². The number of ketones is 1. The van der Waals surface area contributed by atoms with Crippen molar-refractivity contribution >= 4 is 23.1 Å². The molecule has 0 spiro atoms. The van der Waals surface area contributed by atoms with Crippen LogP contribution in [0.4, 0.5) is 11.4 Å². The third-order valence-corrected chi connectivity index (χ3v) is 5.72. The number of ether oxygens (including phenoxy) is 1. The lowest BCUT2D eigenvalue weighted by Crippen LogP contribution is -2.28. The highest BCUT2D eigenvalue weighted by molar-refractivity contribution is 6.03. The van der Waals surface area contributed by atoms with E-state index in [-0.39, 0.29) is 24.0 Å². The van der Waals surface area contributed by atoms with Crippen molar-refractivity contribution < 1.29 is 14.3 Å². The number of benzene rings is 1. The van der Waals surface area contributed by atoms with Crippen LogP contribution in [0.5, 0.6) is 0 Å². The summed E-state index contributed by atoms with van der Waals surface area (Å²) >= 11 is 0. The number of hydrogen-bond donors (Lipinski definition) is 1. The van der Waals surface area contributed by atoms with Gasteiger partial charge in [0.1, 0.15) is 29.1 Å². The number of rotatable bonds is 6. The molecule has 0 bridgehead atoms. The quantitative estimate of drug-likeness (QED) is 0.407. The van der Waals surface area contributed by atoms with Gasteiger partial charge in [0.05, 0.1) is 11.4 Å². The first-order valence-electron chi connectivity index (χ1n) is 10.2. The van der Waals surface area contributed by atoms with Gasteiger partial charge < -0.3 is 19.5 Å². The molecule has 33 heavy (non-hydrogen) atoms. The summed E-state index contributed by atoms with van der Waals surface area (Å²) in [7, 11) is 3.53. The molecule has 0 atom stereocenters. The van der Waals surface area contributed by atoms with Crippen LogP contribution >= 0.6 is 0 Å². The first-order chi connectivity index (χ1) is 15.7. The second-order valence-corrected chi connectivity index (χ2v) is 7.67. The lowest BCUT2D eigenvalue weighted by atomic mass is 9.99. The van der Waals surface area contributed by atoms with Gasteiger partial charge in [-0.2, -0.15) is 10.5 Å². The van der Waals surface area contributed by atoms with Crippen molar-refractivity contribution in [1.82, 2.24) is 4.98 Å². The number of nitrogens with zero attached hydrogens (tertiary/aromatic N) is 4. The highest BCUT2D eigenvalue weighted by atomic mass is 16.5. The van der Waals surface area contributed by atoms with Crippen molar-refractivity contribution in [2.45, 2.75) is 26.7 Å². The Kier molecular flexibility index (Phi) is 6.64. The lowest BCUT2D eigenvalue weighted by Gasteiger charge is -2.19. The van der Waals surface area contributed by atoms with Crippen LogP contribution in [0.25, 0.3) is 0 Å². The molecular weight excluding hydrogens is 422 g/mol. The largest absolute Gasteiger partial charge is 0.457 e. The maximum absolute atomic E-state index is 12.7. The Bertz CT molecular complexity index is 1280. The summed E-state index contributed by atoms with van der Waals surface area (Å²) in [5, 5.41) is 18.8. The van der Waals surface area contributed by atoms with E-state index in [0.717, 1.165) is 11.4 Å². The standard InChI is InChI=1S/C24H23N5O4/c1-14-16(15(2)27-23(32)17(14)11-25)9-10-22(31)33-13-21(30)18(12-26)24-28(3)19-7-5-6-8-20(19)29(24)4/h5-8H,9-10,13H2,1-4H3,(H,27,32). The van der Waals surface area contributed by atoms with Crippen LogP contribution in [0, 0.1) is 36.5 Å². The summed E-state index contributed by atoms with van der Waals surface area (Å²) in [6.07, 6.45) is 0.193. The molecule has 9 heteroatoms. The van der Waals surface area contributed by atoms with E-state index >= 15 is 0 Å². The van der Waals surface area contributed by atoms with Crippen molar-refractivity contribution in [2.75, 3.05) is 30.5 Å². The van der Waals surface area contributed by atoms with E-state index < -0.39 is 23.9 Å². The van der Waals surface area contributed by atoms with E-state index in [4.69, 9.17) is 10.00 Å². The molecule has 1 aromatic heterocycles. The molecule has 1 aliphatic heterocycles. The Balaban J connectivity index is 1.69. The molecule has 2 heterocycles. The zero-order chi connectivity index (χ0) is 24.3. The minimum Gasteiger partial charge on any atom is -0.457 e. The van der Waals surface area contributed by atoms with E-state index in [1.165, 1.54) is 0 Å². The fraction of sp³-hybridized carbons (Fsp3) is 0.292. The van der Waals surface area contributed by atoms with Gasteiger partial charge in [0.25, 0.3) is 5.56 Å². The maximum atomic E-state index is 12.7. The predicted molar refractivity (Wildman–Crippen MR) is 121 cm³/mol. The number of esters is 1. The van der Waals surface area contributed by atoms with E-state index in [0.29, 0.717) is 22.6 Å². The van der Waals surface area contributed by atoms with Crippen LogP contribution in [-0.4, -0.2) is 37.4 Å². The Morgan fingerprint density at radius 2 is 1.70 bits per heavy atom. The molecule has 0 aliphatic carbocycles. The number of fused-ring (bicyclic) bond motifs is 1. The number of pyridine rings is 1. The predicted octanol–water partition coefficient (Wildman–Crippen LogP) is 2.23. The number of para-hydroxylation sites is 2. The van der Waals surface area contributed by atoms with Gasteiger partial charge in [-0.05, 0) is 43.5 Å². The second-order valence-electron chi connectivity index (χ2n) is 7.67. The SMILES string of the molecule is Cc1[nH]c(=O)c(C#N)c(C)c1CCC(=O)OCC(=O)C(C#N)=C1N(C)c2ccccc2N1C. The molecule has 0 radical (unpaired) electrons. The number of nitriles is 2. The van der Waals surface area contributed by atoms with Crippen molar-refractivity contribution in [3.8, 4) is 12.1 Å². The summed E-state index contributed by atoms with van der Waals surface area (Å²) in [6, 6.07) is 11.3. The average Bonchev–Trinajstić information content (AvgIpc) is 3.03. The Morgan fingerprint density at radius 1 is 1.09 bits per heavy atom. The van der Waals surface area contributed by atoms with Crippen LogP contribution in [0.2, 0.25) is 0 Å². The summed E-state index contributed by atoms with van der Waals surface area (Å²) in [6.45, 7) is 2.79. The molecule has 1 aromatic carbocycles. The first-order valence-corrected chi connectivity index (χ1v) is 10.2. The highest BCUT2D eigenvalue weighted by Crippen LogP contribution is 2.40. The van der Waals surface area contributed by atoms with Gasteiger partial charge in [0.15, 0.2) is 6.61 Å². The molecule has 168 valence electrons. The van der Waals surface area contributed by atoms with Gasteiger partial charge in [-0.3, -0.25) is 14.4 Å². The monoisotopic (exact) mass is 445 g/mol. The molecule has 1 N–H and O–H groups in total. The smallest absolute Gasteiger partial charge is 0.306 e. The number of aromatic amines is 1. The van der Waals surface area contributed by atoms with Crippen molar-refractivity contribution in [1.29, 1.82) is 10.5 Å². The van der Waals surface area contributed by atoms with Gasteiger partial charge in [0.2, 0.25) is 5.78 Å². The second kappa shape index (κ2) is 9.41. The third kappa shape index (κ3) is 4.35. The fourth-order valence-electron chi connectivity index (χ4n) is 3.99. The summed E-state index contributed by atoms with van der Waals surface area (Å²) in [5.74, 6) is -0.802. The Morgan fingerprint density at radius 3 is 2.24 bits per heavy atom. The van der Waals surface area contributed by atoms with Crippen LogP contribution in [-0.2, 0) is 20.7 Å². The maximum Gasteiger partial charge on any atom is 0.306 e. The molecule has 0 amide bonds. The van der Waals surface area contributed by atoms with Crippen LogP contribution in [0.1, 0.15) is 28.8 Å². The van der Waals surface area contributed by atoms with Gasteiger partial charge in [-0.1, -0.05) is 12.1 Å². The third-order valence-electron chi connectivity index (χ3n) is 5.72. The molecule has 0 saturated heterocycles. The number of anilines is 2. The zero-order valence-electron chi connectivity index (χ0n) is 18.9.